The molecule has 0 aliphatic carbocycles. The third-order valence-corrected chi connectivity index (χ3v) is 8.35. The molecule has 2 aliphatic heterocycles. The first-order valence-electron chi connectivity index (χ1n) is 15.9. The third-order valence-electron chi connectivity index (χ3n) is 7.45. The molecule has 0 saturated carbocycles. The van der Waals surface area contributed by atoms with Crippen LogP contribution in [0.15, 0.2) is 6.20 Å². The number of ether oxygens (including phenoxy) is 2. The zero-order valence-corrected chi connectivity index (χ0v) is 29.1. The first-order valence-corrected chi connectivity index (χ1v) is 17.1. The lowest BCUT2D eigenvalue weighted by molar-refractivity contribution is -0.142. The van der Waals surface area contributed by atoms with Crippen LogP contribution in [0.3, 0.4) is 0 Å². The number of amides is 3. The van der Waals surface area contributed by atoms with Crippen molar-refractivity contribution in [3.8, 4) is 0 Å². The summed E-state index contributed by atoms with van der Waals surface area (Å²) < 4.78 is 11.2. The van der Waals surface area contributed by atoms with Gasteiger partial charge < -0.3 is 29.5 Å². The molecule has 0 radical (unpaired) electrons. The number of rotatable bonds is 10. The number of carbonyl (C=O) groups is 3. The lowest BCUT2D eigenvalue weighted by Crippen LogP contribution is -2.58. The molecule has 2 atom stereocenters. The van der Waals surface area contributed by atoms with E-state index in [2.05, 4.69) is 31.1 Å². The van der Waals surface area contributed by atoms with E-state index in [4.69, 9.17) is 14.5 Å². The summed E-state index contributed by atoms with van der Waals surface area (Å²) in [6.07, 6.45) is 1.60. The second-order valence-electron chi connectivity index (χ2n) is 14.1. The van der Waals surface area contributed by atoms with Crippen molar-refractivity contribution in [1.29, 1.82) is 0 Å². The standard InChI is InChI=1S/C32H54N6O5S/c1-10-44-16-11-33-26-25(18-34-29(35-26)31(4,5)6)28(40)38(19-22(2)3)24-17-23(27(39)36-12-14-42-15-13-36)20-37(21-24)30(41)43-32(7,8)9/h18,22-24H,10-17,19-21H2,1-9H3,(H,33,34,35)/t23-,24+/m1/s1. The molecule has 0 bridgehead atoms. The summed E-state index contributed by atoms with van der Waals surface area (Å²) in [6.45, 7) is 21.5. The number of hydrogen-bond acceptors (Lipinski definition) is 9. The average molecular weight is 635 g/mol. The van der Waals surface area contributed by atoms with Gasteiger partial charge in [0.1, 0.15) is 22.8 Å². The summed E-state index contributed by atoms with van der Waals surface area (Å²) in [7, 11) is 0. The van der Waals surface area contributed by atoms with Crippen LogP contribution in [0.2, 0.25) is 0 Å². The average Bonchev–Trinajstić information content (AvgIpc) is 2.96. The smallest absolute Gasteiger partial charge is 0.410 e. The monoisotopic (exact) mass is 634 g/mol. The van der Waals surface area contributed by atoms with Gasteiger partial charge in [0.05, 0.1) is 25.2 Å². The van der Waals surface area contributed by atoms with Gasteiger partial charge in [0.15, 0.2) is 0 Å². The Morgan fingerprint density at radius 1 is 1.11 bits per heavy atom. The van der Waals surface area contributed by atoms with Crippen LogP contribution < -0.4 is 5.32 Å². The third kappa shape index (κ3) is 10.2. The minimum absolute atomic E-state index is 0.0165. The van der Waals surface area contributed by atoms with Crippen LogP contribution in [0.5, 0.6) is 0 Å². The van der Waals surface area contributed by atoms with Crippen molar-refractivity contribution in [2.75, 3.05) is 69.3 Å². The predicted octanol–water partition coefficient (Wildman–Crippen LogP) is 4.52. The second kappa shape index (κ2) is 15.6. The largest absolute Gasteiger partial charge is 0.444 e. The number of hydrogen-bond donors (Lipinski definition) is 1. The van der Waals surface area contributed by atoms with Gasteiger partial charge in [-0.25, -0.2) is 14.8 Å². The molecule has 3 amide bonds. The Hall–Kier alpha value is -2.60. The van der Waals surface area contributed by atoms with Crippen LogP contribution in [0.1, 0.15) is 84.9 Å². The van der Waals surface area contributed by atoms with E-state index in [1.807, 2.05) is 63.1 Å². The molecule has 44 heavy (non-hydrogen) atoms. The summed E-state index contributed by atoms with van der Waals surface area (Å²) in [4.78, 5) is 56.3. The van der Waals surface area contributed by atoms with Crippen molar-refractivity contribution in [1.82, 2.24) is 24.7 Å². The van der Waals surface area contributed by atoms with E-state index >= 15 is 0 Å². The Balaban J connectivity index is 1.99. The summed E-state index contributed by atoms with van der Waals surface area (Å²) in [6, 6.07) is -0.396. The van der Waals surface area contributed by atoms with Crippen LogP contribution in [-0.2, 0) is 19.7 Å². The number of anilines is 1. The zero-order chi connectivity index (χ0) is 32.7. The Labute approximate surface area is 268 Å². The van der Waals surface area contributed by atoms with Crippen LogP contribution >= 0.6 is 11.8 Å². The molecule has 0 spiro atoms. The molecule has 3 heterocycles. The summed E-state index contributed by atoms with van der Waals surface area (Å²) >= 11 is 1.82. The molecule has 1 aromatic rings. The van der Waals surface area contributed by atoms with Crippen molar-refractivity contribution in [3.05, 3.63) is 17.6 Å². The van der Waals surface area contributed by atoms with Crippen molar-refractivity contribution in [2.45, 2.75) is 85.8 Å². The lowest BCUT2D eigenvalue weighted by atomic mass is 9.91. The molecule has 1 N–H and O–H groups in total. The maximum atomic E-state index is 14.5. The number of thioether (sulfide) groups is 1. The number of piperidine rings is 1. The van der Waals surface area contributed by atoms with Gasteiger partial charge in [-0.1, -0.05) is 41.5 Å². The van der Waals surface area contributed by atoms with Crippen LogP contribution in [0, 0.1) is 11.8 Å². The van der Waals surface area contributed by atoms with Crippen molar-refractivity contribution in [3.63, 3.8) is 0 Å². The van der Waals surface area contributed by atoms with Gasteiger partial charge in [-0.15, -0.1) is 0 Å². The maximum Gasteiger partial charge on any atom is 0.410 e. The minimum Gasteiger partial charge on any atom is -0.444 e. The topological polar surface area (TPSA) is 117 Å². The van der Waals surface area contributed by atoms with Crippen LogP contribution in [0.4, 0.5) is 10.6 Å². The number of morpholine rings is 1. The van der Waals surface area contributed by atoms with E-state index in [1.54, 1.807) is 11.1 Å². The van der Waals surface area contributed by atoms with E-state index in [0.29, 0.717) is 63.0 Å². The summed E-state index contributed by atoms with van der Waals surface area (Å²) in [5.74, 6) is 2.51. The van der Waals surface area contributed by atoms with E-state index in [-0.39, 0.29) is 36.2 Å². The first kappa shape index (κ1) is 35.9. The van der Waals surface area contributed by atoms with Gasteiger partial charge >= 0.3 is 6.09 Å². The van der Waals surface area contributed by atoms with Gasteiger partial charge in [-0.2, -0.15) is 11.8 Å². The molecule has 11 nitrogen and oxygen atoms in total. The quantitative estimate of drug-likeness (QED) is 0.371. The fourth-order valence-electron chi connectivity index (χ4n) is 5.36. The summed E-state index contributed by atoms with van der Waals surface area (Å²) in [5, 5.41) is 3.40. The highest BCUT2D eigenvalue weighted by molar-refractivity contribution is 7.99. The molecule has 2 saturated heterocycles. The Morgan fingerprint density at radius 2 is 1.80 bits per heavy atom. The molecule has 1 aromatic heterocycles. The molecule has 2 fully saturated rings. The highest BCUT2D eigenvalue weighted by atomic mass is 32.2. The SMILES string of the molecule is CCSCCNc1nc(C(C)(C)C)ncc1C(=O)N(CC(C)C)[C@H]1C[C@@H](C(=O)N2CCOCC2)CN(C(=O)OC(C)(C)C)C1. The maximum absolute atomic E-state index is 14.5. The normalized spacial score (nSPS) is 19.6. The number of nitrogens with zero attached hydrogens (tertiary/aromatic N) is 5. The van der Waals surface area contributed by atoms with Gasteiger partial charge in [-0.3, -0.25) is 9.59 Å². The number of aromatic nitrogens is 2. The highest BCUT2D eigenvalue weighted by Gasteiger charge is 2.41. The molecule has 12 heteroatoms. The fourth-order valence-corrected chi connectivity index (χ4v) is 5.90. The Kier molecular flexibility index (Phi) is 12.7. The molecule has 248 valence electrons. The first-order chi connectivity index (χ1) is 20.6. The second-order valence-corrected chi connectivity index (χ2v) is 15.5. The molecular formula is C32H54N6O5S. The molecule has 0 unspecified atom stereocenters. The van der Waals surface area contributed by atoms with Crippen molar-refractivity contribution >= 4 is 35.5 Å². The molecule has 2 aliphatic rings. The van der Waals surface area contributed by atoms with Crippen LogP contribution in [-0.4, -0.2) is 118 Å². The number of nitrogens with one attached hydrogen (secondary N) is 1. The lowest BCUT2D eigenvalue weighted by Gasteiger charge is -2.44. The van der Waals surface area contributed by atoms with Crippen molar-refractivity contribution in [2.24, 2.45) is 11.8 Å². The van der Waals surface area contributed by atoms with E-state index in [1.165, 1.54) is 0 Å². The Morgan fingerprint density at radius 3 is 2.39 bits per heavy atom. The van der Waals surface area contributed by atoms with Gasteiger partial charge in [0.25, 0.3) is 5.91 Å². The van der Waals surface area contributed by atoms with Gasteiger partial charge in [0.2, 0.25) is 5.91 Å². The van der Waals surface area contributed by atoms with Crippen molar-refractivity contribution < 1.29 is 23.9 Å². The Bertz CT molecular complexity index is 1130. The summed E-state index contributed by atoms with van der Waals surface area (Å²) in [5.41, 5.74) is -0.590. The minimum atomic E-state index is -0.691. The van der Waals surface area contributed by atoms with Gasteiger partial charge in [-0.05, 0) is 38.9 Å². The zero-order valence-electron chi connectivity index (χ0n) is 28.3. The number of likely N-dealkylation sites (tertiary alicyclic amines) is 1. The highest BCUT2D eigenvalue weighted by Crippen LogP contribution is 2.29. The van der Waals surface area contributed by atoms with Gasteiger partial charge in [0, 0.05) is 56.6 Å². The molecular weight excluding hydrogens is 580 g/mol. The number of carbonyl (C=O) groups excluding carboxylic acids is 3. The van der Waals surface area contributed by atoms with E-state index in [9.17, 15) is 14.4 Å². The van der Waals surface area contributed by atoms with Crippen LogP contribution in [0.25, 0.3) is 0 Å². The molecule has 3 rings (SSSR count). The van der Waals surface area contributed by atoms with E-state index < -0.39 is 23.7 Å². The fraction of sp³-hybridized carbons (Fsp3) is 0.781. The predicted molar refractivity (Wildman–Crippen MR) is 175 cm³/mol. The van der Waals surface area contributed by atoms with E-state index in [0.717, 1.165) is 11.5 Å². The molecule has 0 aromatic carbocycles.